The minimum Gasteiger partial charge on any atom is -0.390 e. The number of likely N-dealkylation sites (N-methyl/N-ethyl adjacent to an activating group) is 1. The molecule has 0 bridgehead atoms. The van der Waals surface area contributed by atoms with E-state index < -0.39 is 75.5 Å². The van der Waals surface area contributed by atoms with Gasteiger partial charge >= 0.3 is 20.8 Å². The van der Waals surface area contributed by atoms with Crippen molar-refractivity contribution in [1.29, 1.82) is 0 Å². The number of aliphatic hydroxyl groups excluding tert-OH is 2. The maximum Gasteiger partial charge on any atom is 0.394 e. The van der Waals surface area contributed by atoms with Crippen molar-refractivity contribution in [3.63, 3.8) is 0 Å². The average Bonchev–Trinajstić information content (AvgIpc) is 2.80. The van der Waals surface area contributed by atoms with Crippen molar-refractivity contribution in [3.05, 3.63) is 0 Å². The smallest absolute Gasteiger partial charge is 0.390 e. The van der Waals surface area contributed by atoms with Gasteiger partial charge in [0.15, 0.2) is 6.29 Å². The van der Waals surface area contributed by atoms with Gasteiger partial charge in [0.25, 0.3) is 0 Å². The molecule has 1 heterocycles. The number of carbonyl (C=O) groups is 1. The Morgan fingerprint density at radius 1 is 1.07 bits per heavy atom. The largest absolute Gasteiger partial charge is 0.394 e. The Labute approximate surface area is 231 Å². The SMILES string of the molecule is COC1C(O)C(N)C(OC2OC(C(C)N)CCC2N)C(O)C1N(C)C(=O)CN=CN.O=S(=O)(O)O.O=S(=O)(O)O. The van der Waals surface area contributed by atoms with Gasteiger partial charge < -0.3 is 52.3 Å². The molecular weight excluding hydrogens is 588 g/mol. The number of rotatable bonds is 7. The van der Waals surface area contributed by atoms with Crippen LogP contribution in [0.2, 0.25) is 0 Å². The molecular formula is C18H40N6O14S2. The van der Waals surface area contributed by atoms with E-state index in [0.717, 1.165) is 6.34 Å². The van der Waals surface area contributed by atoms with Crippen molar-refractivity contribution in [2.24, 2.45) is 27.9 Å². The lowest BCUT2D eigenvalue weighted by molar-refractivity contribution is -0.267. The first-order valence-corrected chi connectivity index (χ1v) is 14.2. The minimum atomic E-state index is -4.67. The third-order valence-electron chi connectivity index (χ3n) is 5.90. The molecule has 10 unspecified atom stereocenters. The number of aliphatic imine (C=N–C) groups is 1. The van der Waals surface area contributed by atoms with Crippen molar-refractivity contribution in [2.75, 3.05) is 20.7 Å². The fraction of sp³-hybridized carbons (Fsp3) is 0.889. The molecule has 2 fully saturated rings. The van der Waals surface area contributed by atoms with Crippen molar-refractivity contribution in [3.8, 4) is 0 Å². The molecule has 1 amide bonds. The molecule has 22 heteroatoms. The maximum absolute atomic E-state index is 12.4. The summed E-state index contributed by atoms with van der Waals surface area (Å²) in [6.45, 7) is 1.61. The lowest BCUT2D eigenvalue weighted by Crippen LogP contribution is -2.72. The van der Waals surface area contributed by atoms with E-state index in [9.17, 15) is 15.0 Å². The standard InChI is InChI=1S/C18H36N6O6.2H2O4S/c1-8(20)10-5-4-9(21)18(29-10)30-16-12(22)14(26)17(28-3)13(15(16)27)24(2)11(25)6-23-7-19;2*1-5(2,3)4/h7-10,12-18,26-27H,4-6,20-22H2,1-3H3,(H2,19,23);2*(H2,1,2,3,4). The van der Waals surface area contributed by atoms with Crippen molar-refractivity contribution < 1.29 is 64.3 Å². The number of hydrogen-bond donors (Lipinski definition) is 10. The highest BCUT2D eigenvalue weighted by Crippen LogP contribution is 2.31. The van der Waals surface area contributed by atoms with Crippen LogP contribution in [0.3, 0.4) is 0 Å². The number of carbonyl (C=O) groups excluding carboxylic acids is 1. The first kappa shape index (κ1) is 38.4. The molecule has 1 aliphatic carbocycles. The Morgan fingerprint density at radius 3 is 2.00 bits per heavy atom. The molecule has 2 rings (SSSR count). The van der Waals surface area contributed by atoms with Gasteiger partial charge in [-0.1, -0.05) is 0 Å². The summed E-state index contributed by atoms with van der Waals surface area (Å²) in [5, 5.41) is 21.8. The van der Waals surface area contributed by atoms with E-state index >= 15 is 0 Å². The van der Waals surface area contributed by atoms with Crippen molar-refractivity contribution >= 4 is 33.0 Å². The Hall–Kier alpha value is -1.64. The predicted octanol–water partition coefficient (Wildman–Crippen LogP) is -4.86. The topological polar surface area (TPSA) is 354 Å². The third kappa shape index (κ3) is 13.8. The van der Waals surface area contributed by atoms with Crippen LogP contribution in [0.1, 0.15) is 19.8 Å². The van der Waals surface area contributed by atoms with E-state index in [1.54, 1.807) is 0 Å². The van der Waals surface area contributed by atoms with Crippen LogP contribution < -0.4 is 22.9 Å². The molecule has 0 radical (unpaired) electrons. The minimum absolute atomic E-state index is 0.215. The van der Waals surface area contributed by atoms with Crippen LogP contribution in [-0.2, 0) is 39.8 Å². The zero-order valence-corrected chi connectivity index (χ0v) is 23.6. The number of amides is 1. The van der Waals surface area contributed by atoms with E-state index in [4.69, 9.17) is 72.2 Å². The van der Waals surface area contributed by atoms with E-state index in [-0.39, 0.29) is 18.7 Å². The summed E-state index contributed by atoms with van der Waals surface area (Å²) in [6.07, 6.45) is -3.29. The second-order valence-corrected chi connectivity index (χ2v) is 10.7. The van der Waals surface area contributed by atoms with Gasteiger partial charge in [0.2, 0.25) is 5.91 Å². The monoisotopic (exact) mass is 628 g/mol. The normalized spacial score (nSPS) is 33.6. The zero-order valence-electron chi connectivity index (χ0n) is 21.9. The molecule has 238 valence electrons. The molecule has 0 aromatic heterocycles. The van der Waals surface area contributed by atoms with E-state index in [1.165, 1.54) is 19.1 Å². The van der Waals surface area contributed by atoms with Gasteiger partial charge in [0.1, 0.15) is 24.9 Å². The molecule has 1 saturated heterocycles. The summed E-state index contributed by atoms with van der Waals surface area (Å²) in [5.41, 5.74) is 23.5. The second-order valence-electron chi connectivity index (χ2n) is 8.88. The molecule has 10 atom stereocenters. The highest BCUT2D eigenvalue weighted by atomic mass is 32.3. The van der Waals surface area contributed by atoms with Crippen molar-refractivity contribution in [1.82, 2.24) is 4.90 Å². The predicted molar refractivity (Wildman–Crippen MR) is 138 cm³/mol. The Morgan fingerprint density at radius 2 is 1.57 bits per heavy atom. The number of methoxy groups -OCH3 is 1. The molecule has 2 aliphatic rings. The van der Waals surface area contributed by atoms with E-state index in [0.29, 0.717) is 12.8 Å². The average molecular weight is 629 g/mol. The summed E-state index contributed by atoms with van der Waals surface area (Å²) in [5.74, 6) is -0.424. The van der Waals surface area contributed by atoms with Gasteiger partial charge in [-0.05, 0) is 19.8 Å². The van der Waals surface area contributed by atoms with Crippen LogP contribution in [0, 0.1) is 0 Å². The van der Waals surface area contributed by atoms with Gasteiger partial charge in [0, 0.05) is 20.2 Å². The zero-order chi connectivity index (χ0) is 31.6. The summed E-state index contributed by atoms with van der Waals surface area (Å²) in [6, 6.07) is -2.62. The number of nitrogens with two attached hydrogens (primary N) is 4. The highest BCUT2D eigenvalue weighted by molar-refractivity contribution is 7.80. The second kappa shape index (κ2) is 16.7. The number of aliphatic hydroxyl groups is 2. The fourth-order valence-corrected chi connectivity index (χ4v) is 4.05. The highest BCUT2D eigenvalue weighted by Gasteiger charge is 2.53. The van der Waals surface area contributed by atoms with Crippen molar-refractivity contribution in [2.45, 2.75) is 80.7 Å². The maximum atomic E-state index is 12.4. The van der Waals surface area contributed by atoms with Crippen LogP contribution in [0.5, 0.6) is 0 Å². The lowest BCUT2D eigenvalue weighted by atomic mass is 9.80. The Bertz CT molecular complexity index is 971. The molecule has 0 spiro atoms. The lowest BCUT2D eigenvalue weighted by Gasteiger charge is -2.50. The van der Waals surface area contributed by atoms with Crippen LogP contribution in [0.4, 0.5) is 0 Å². The number of nitrogens with zero attached hydrogens (tertiary/aromatic N) is 2. The first-order valence-electron chi connectivity index (χ1n) is 11.5. The van der Waals surface area contributed by atoms with E-state index in [1.807, 2.05) is 6.92 Å². The fourth-order valence-electron chi connectivity index (χ4n) is 4.05. The summed E-state index contributed by atoms with van der Waals surface area (Å²) in [4.78, 5) is 17.4. The summed E-state index contributed by atoms with van der Waals surface area (Å²) >= 11 is 0. The van der Waals surface area contributed by atoms with Gasteiger partial charge in [0.05, 0.1) is 36.7 Å². The summed E-state index contributed by atoms with van der Waals surface area (Å²) < 4.78 is 80.4. The molecule has 40 heavy (non-hydrogen) atoms. The van der Waals surface area contributed by atoms with Crippen LogP contribution >= 0.6 is 0 Å². The summed E-state index contributed by atoms with van der Waals surface area (Å²) in [7, 11) is -6.49. The quantitative estimate of drug-likeness (QED) is 0.0717. The molecule has 1 saturated carbocycles. The first-order chi connectivity index (χ1) is 18.1. The third-order valence-corrected chi connectivity index (χ3v) is 5.90. The molecule has 14 N–H and O–H groups in total. The van der Waals surface area contributed by atoms with Crippen LogP contribution in [0.25, 0.3) is 0 Å². The van der Waals surface area contributed by atoms with E-state index in [2.05, 4.69) is 4.99 Å². The molecule has 1 aliphatic heterocycles. The molecule has 0 aromatic rings. The Balaban J connectivity index is 0.00000130. The Kier molecular flexibility index (Phi) is 16.0. The molecule has 20 nitrogen and oxygen atoms in total. The van der Waals surface area contributed by atoms with Crippen LogP contribution in [-0.4, -0.2) is 144 Å². The number of ether oxygens (including phenoxy) is 3. The molecule has 0 aromatic carbocycles. The van der Waals surface area contributed by atoms with Crippen LogP contribution in [0.15, 0.2) is 4.99 Å². The van der Waals surface area contributed by atoms with Gasteiger partial charge in [-0.15, -0.1) is 0 Å². The number of hydrogen-bond acceptors (Lipinski definition) is 14. The van der Waals surface area contributed by atoms with Gasteiger partial charge in [-0.25, -0.2) is 0 Å². The van der Waals surface area contributed by atoms with Gasteiger partial charge in [-0.3, -0.25) is 28.0 Å². The van der Waals surface area contributed by atoms with Gasteiger partial charge in [-0.2, -0.15) is 16.8 Å².